The molecule has 2 N–H and O–H groups in total. The van der Waals surface area contributed by atoms with Crippen molar-refractivity contribution in [3.63, 3.8) is 0 Å². The summed E-state index contributed by atoms with van der Waals surface area (Å²) in [6.45, 7) is 0.524. The number of aryl methyl sites for hydroxylation is 1. The van der Waals surface area contributed by atoms with Gasteiger partial charge >= 0.3 is 6.03 Å². The Balaban J connectivity index is 1.29. The highest BCUT2D eigenvalue weighted by Crippen LogP contribution is 2.16. The fourth-order valence-electron chi connectivity index (χ4n) is 3.58. The first-order valence-electron chi connectivity index (χ1n) is 9.86. The number of aromatic nitrogens is 2. The summed E-state index contributed by atoms with van der Waals surface area (Å²) in [6.07, 6.45) is 0.393. The lowest BCUT2D eigenvalue weighted by molar-refractivity contribution is -0.128. The SMILES string of the molecule is Cn1c(CNC(=O)CCC2NC(=O)N(Cc3ccccc3)C2=O)nc2ccccc21. The van der Waals surface area contributed by atoms with Crippen LogP contribution in [0.3, 0.4) is 0 Å². The second-order valence-electron chi connectivity index (χ2n) is 7.30. The molecular weight excluding hydrogens is 382 g/mol. The molecule has 3 aromatic rings. The van der Waals surface area contributed by atoms with Gasteiger partial charge in [0.1, 0.15) is 11.9 Å². The molecule has 2 heterocycles. The van der Waals surface area contributed by atoms with Gasteiger partial charge in [-0.1, -0.05) is 42.5 Å². The number of nitrogens with one attached hydrogen (secondary N) is 2. The topological polar surface area (TPSA) is 96.3 Å². The zero-order chi connectivity index (χ0) is 21.1. The van der Waals surface area contributed by atoms with Gasteiger partial charge < -0.3 is 15.2 Å². The van der Waals surface area contributed by atoms with Crippen molar-refractivity contribution in [2.24, 2.45) is 7.05 Å². The van der Waals surface area contributed by atoms with Gasteiger partial charge in [0, 0.05) is 13.5 Å². The maximum atomic E-state index is 12.6. The van der Waals surface area contributed by atoms with E-state index in [1.807, 2.05) is 66.2 Å². The van der Waals surface area contributed by atoms with Crippen LogP contribution in [0.15, 0.2) is 54.6 Å². The molecule has 1 atom stereocenters. The van der Waals surface area contributed by atoms with Gasteiger partial charge in [-0.3, -0.25) is 14.5 Å². The molecule has 2 aromatic carbocycles. The lowest BCUT2D eigenvalue weighted by Crippen LogP contribution is -2.32. The highest BCUT2D eigenvalue weighted by molar-refractivity contribution is 6.04. The van der Waals surface area contributed by atoms with Crippen molar-refractivity contribution in [1.82, 2.24) is 25.1 Å². The van der Waals surface area contributed by atoms with Gasteiger partial charge in [-0.05, 0) is 24.1 Å². The van der Waals surface area contributed by atoms with Crippen molar-refractivity contribution in [1.29, 1.82) is 0 Å². The molecule has 0 radical (unpaired) electrons. The minimum absolute atomic E-state index is 0.139. The highest BCUT2D eigenvalue weighted by atomic mass is 16.2. The van der Waals surface area contributed by atoms with Crippen LogP contribution in [0.5, 0.6) is 0 Å². The average Bonchev–Trinajstić information content (AvgIpc) is 3.22. The van der Waals surface area contributed by atoms with Crippen molar-refractivity contribution in [2.75, 3.05) is 0 Å². The van der Waals surface area contributed by atoms with E-state index in [9.17, 15) is 14.4 Å². The average molecular weight is 405 g/mol. The Labute approximate surface area is 173 Å². The monoisotopic (exact) mass is 405 g/mol. The second-order valence-corrected chi connectivity index (χ2v) is 7.30. The highest BCUT2D eigenvalue weighted by Gasteiger charge is 2.37. The first kappa shape index (κ1) is 19.6. The van der Waals surface area contributed by atoms with Crippen LogP contribution in [0.2, 0.25) is 0 Å². The van der Waals surface area contributed by atoms with E-state index in [2.05, 4.69) is 15.6 Å². The molecule has 0 bridgehead atoms. The molecule has 4 rings (SSSR count). The van der Waals surface area contributed by atoms with Crippen LogP contribution in [-0.2, 0) is 29.7 Å². The lowest BCUT2D eigenvalue weighted by Gasteiger charge is -2.13. The van der Waals surface area contributed by atoms with E-state index in [0.29, 0.717) is 6.54 Å². The van der Waals surface area contributed by atoms with Crippen LogP contribution in [-0.4, -0.2) is 38.3 Å². The molecule has 1 aliphatic heterocycles. The zero-order valence-electron chi connectivity index (χ0n) is 16.7. The van der Waals surface area contributed by atoms with Crippen molar-refractivity contribution in [3.05, 3.63) is 66.0 Å². The van der Waals surface area contributed by atoms with E-state index in [1.165, 1.54) is 4.90 Å². The van der Waals surface area contributed by atoms with E-state index >= 15 is 0 Å². The normalized spacial score (nSPS) is 16.2. The van der Waals surface area contributed by atoms with E-state index < -0.39 is 12.1 Å². The molecule has 8 nitrogen and oxygen atoms in total. The van der Waals surface area contributed by atoms with E-state index in [0.717, 1.165) is 22.4 Å². The minimum Gasteiger partial charge on any atom is -0.349 e. The number of rotatable bonds is 7. The first-order valence-corrected chi connectivity index (χ1v) is 9.86. The number of carbonyl (C=O) groups is 3. The predicted octanol–water partition coefficient (Wildman–Crippen LogP) is 2.09. The maximum absolute atomic E-state index is 12.6. The Kier molecular flexibility index (Phi) is 5.47. The summed E-state index contributed by atoms with van der Waals surface area (Å²) < 4.78 is 1.94. The van der Waals surface area contributed by atoms with E-state index in [4.69, 9.17) is 0 Å². The molecule has 1 fully saturated rings. The second kappa shape index (κ2) is 8.36. The molecular formula is C22H23N5O3. The molecule has 154 valence electrons. The Bertz CT molecular complexity index is 1090. The van der Waals surface area contributed by atoms with Crippen LogP contribution in [0.25, 0.3) is 11.0 Å². The number of benzene rings is 2. The summed E-state index contributed by atoms with van der Waals surface area (Å²) in [5.74, 6) is 0.265. The molecule has 1 aliphatic rings. The summed E-state index contributed by atoms with van der Waals surface area (Å²) >= 11 is 0. The number of urea groups is 1. The van der Waals surface area contributed by atoms with Crippen molar-refractivity contribution in [3.8, 4) is 0 Å². The van der Waals surface area contributed by atoms with E-state index in [1.54, 1.807) is 0 Å². The number of hydrogen-bond acceptors (Lipinski definition) is 4. The number of amides is 4. The third-order valence-corrected chi connectivity index (χ3v) is 5.27. The quantitative estimate of drug-likeness (QED) is 0.589. The van der Waals surface area contributed by atoms with Crippen molar-refractivity contribution >= 4 is 28.9 Å². The van der Waals surface area contributed by atoms with Gasteiger partial charge in [-0.25, -0.2) is 9.78 Å². The van der Waals surface area contributed by atoms with Crippen molar-refractivity contribution in [2.45, 2.75) is 32.0 Å². The molecule has 0 saturated carbocycles. The van der Waals surface area contributed by atoms with Crippen LogP contribution < -0.4 is 10.6 Å². The van der Waals surface area contributed by atoms with Crippen LogP contribution in [0, 0.1) is 0 Å². The predicted molar refractivity (Wildman–Crippen MR) is 111 cm³/mol. The van der Waals surface area contributed by atoms with Gasteiger partial charge in [0.2, 0.25) is 5.91 Å². The fraction of sp³-hybridized carbons (Fsp3) is 0.273. The summed E-state index contributed by atoms with van der Waals surface area (Å²) in [6, 6.07) is 16.0. The molecule has 4 amide bonds. The van der Waals surface area contributed by atoms with Gasteiger partial charge in [0.05, 0.1) is 24.1 Å². The number of imide groups is 1. The van der Waals surface area contributed by atoms with Gasteiger partial charge in [0.15, 0.2) is 0 Å². The number of carbonyl (C=O) groups excluding carboxylic acids is 3. The van der Waals surface area contributed by atoms with Crippen LogP contribution >= 0.6 is 0 Å². The smallest absolute Gasteiger partial charge is 0.325 e. The Morgan fingerprint density at radius 2 is 1.83 bits per heavy atom. The number of fused-ring (bicyclic) bond motifs is 1. The van der Waals surface area contributed by atoms with Crippen LogP contribution in [0.1, 0.15) is 24.2 Å². The summed E-state index contributed by atoms with van der Waals surface area (Å²) in [5.41, 5.74) is 2.75. The molecule has 0 spiro atoms. The minimum atomic E-state index is -0.678. The summed E-state index contributed by atoms with van der Waals surface area (Å²) in [4.78, 5) is 42.7. The number of hydrogen-bond donors (Lipinski definition) is 2. The molecule has 1 saturated heterocycles. The van der Waals surface area contributed by atoms with Crippen molar-refractivity contribution < 1.29 is 14.4 Å². The van der Waals surface area contributed by atoms with Gasteiger partial charge in [-0.2, -0.15) is 0 Å². The van der Waals surface area contributed by atoms with Gasteiger partial charge in [0.25, 0.3) is 5.91 Å². The fourth-order valence-corrected chi connectivity index (χ4v) is 3.58. The molecule has 0 aliphatic carbocycles. The standard InChI is InChI=1S/C22H23N5O3/c1-26-18-10-6-5-9-16(18)24-19(26)13-23-20(28)12-11-17-21(29)27(22(30)25-17)14-15-7-3-2-4-8-15/h2-10,17H,11-14H2,1H3,(H,23,28)(H,25,30). The summed E-state index contributed by atoms with van der Waals surface area (Å²) in [7, 11) is 1.91. The largest absolute Gasteiger partial charge is 0.349 e. The molecule has 30 heavy (non-hydrogen) atoms. The third kappa shape index (κ3) is 4.03. The number of imidazole rings is 1. The van der Waals surface area contributed by atoms with Gasteiger partial charge in [-0.15, -0.1) is 0 Å². The lowest BCUT2D eigenvalue weighted by atomic mass is 10.1. The number of para-hydroxylation sites is 2. The molecule has 1 unspecified atom stereocenters. The number of nitrogens with zero attached hydrogens (tertiary/aromatic N) is 3. The Morgan fingerprint density at radius 1 is 1.10 bits per heavy atom. The van der Waals surface area contributed by atoms with Crippen LogP contribution in [0.4, 0.5) is 4.79 Å². The first-order chi connectivity index (χ1) is 14.5. The molecule has 8 heteroatoms. The van der Waals surface area contributed by atoms with E-state index in [-0.39, 0.29) is 31.2 Å². The Hall–Kier alpha value is -3.68. The summed E-state index contributed by atoms with van der Waals surface area (Å²) in [5, 5.41) is 5.51. The zero-order valence-corrected chi connectivity index (χ0v) is 16.7. The molecule has 1 aromatic heterocycles. The maximum Gasteiger partial charge on any atom is 0.325 e. The third-order valence-electron chi connectivity index (χ3n) is 5.27. The Morgan fingerprint density at radius 3 is 2.60 bits per heavy atom.